The molecule has 0 aromatic heterocycles. The molecular formula is C24H31N3O6. The summed E-state index contributed by atoms with van der Waals surface area (Å²) in [5.74, 6) is -0.0787. The van der Waals surface area contributed by atoms with E-state index in [-0.39, 0.29) is 48.1 Å². The van der Waals surface area contributed by atoms with Gasteiger partial charge in [-0.2, -0.15) is 0 Å². The third kappa shape index (κ3) is 7.48. The van der Waals surface area contributed by atoms with Gasteiger partial charge in [-0.1, -0.05) is 43.7 Å². The van der Waals surface area contributed by atoms with Crippen LogP contribution in [0.25, 0.3) is 0 Å². The smallest absolute Gasteiger partial charge is 0.311 e. The first-order valence-corrected chi connectivity index (χ1v) is 10.7. The van der Waals surface area contributed by atoms with Crippen molar-refractivity contribution >= 4 is 17.5 Å². The summed E-state index contributed by atoms with van der Waals surface area (Å²) in [5.41, 5.74) is 1.77. The normalized spacial score (nSPS) is 11.6. The van der Waals surface area contributed by atoms with Crippen LogP contribution in [0.1, 0.15) is 31.9 Å². The number of carbonyl (C=O) groups is 2. The molecule has 0 heterocycles. The van der Waals surface area contributed by atoms with Gasteiger partial charge < -0.3 is 19.7 Å². The molecule has 2 aromatic rings. The van der Waals surface area contributed by atoms with Crippen LogP contribution >= 0.6 is 0 Å². The van der Waals surface area contributed by atoms with Crippen molar-refractivity contribution in [2.45, 2.75) is 40.3 Å². The maximum Gasteiger partial charge on any atom is 0.311 e. The molecule has 2 rings (SSSR count). The van der Waals surface area contributed by atoms with E-state index in [1.807, 2.05) is 45.0 Å². The molecule has 0 saturated heterocycles. The molecule has 0 spiro atoms. The van der Waals surface area contributed by atoms with Crippen molar-refractivity contribution in [2.24, 2.45) is 5.92 Å². The van der Waals surface area contributed by atoms with Gasteiger partial charge in [-0.3, -0.25) is 19.7 Å². The number of carbonyl (C=O) groups excluding carboxylic acids is 2. The maximum absolute atomic E-state index is 13.1. The minimum Gasteiger partial charge on any atom is -0.490 e. The van der Waals surface area contributed by atoms with Gasteiger partial charge in [0.25, 0.3) is 5.91 Å². The molecule has 2 aromatic carbocycles. The fourth-order valence-corrected chi connectivity index (χ4v) is 3.05. The Hall–Kier alpha value is -3.62. The fourth-order valence-electron chi connectivity index (χ4n) is 3.05. The van der Waals surface area contributed by atoms with E-state index in [0.29, 0.717) is 6.54 Å². The van der Waals surface area contributed by atoms with Crippen LogP contribution in [0.3, 0.4) is 0 Å². The van der Waals surface area contributed by atoms with E-state index in [0.717, 1.165) is 11.1 Å². The van der Waals surface area contributed by atoms with E-state index in [2.05, 4.69) is 5.32 Å². The Morgan fingerprint density at radius 2 is 1.79 bits per heavy atom. The van der Waals surface area contributed by atoms with Crippen LogP contribution in [0, 0.1) is 23.0 Å². The van der Waals surface area contributed by atoms with Gasteiger partial charge in [0.05, 0.1) is 12.0 Å². The number of nitro groups is 1. The first kappa shape index (κ1) is 25.6. The monoisotopic (exact) mass is 457 g/mol. The van der Waals surface area contributed by atoms with Gasteiger partial charge in [-0.05, 0) is 31.4 Å². The van der Waals surface area contributed by atoms with Crippen LogP contribution in [0.4, 0.5) is 5.69 Å². The van der Waals surface area contributed by atoms with Crippen molar-refractivity contribution in [1.82, 2.24) is 10.2 Å². The lowest BCUT2D eigenvalue weighted by Gasteiger charge is -2.29. The highest BCUT2D eigenvalue weighted by molar-refractivity contribution is 5.88. The number of aryl methyl sites for hydroxylation is 1. The number of hydrogen-bond donors (Lipinski definition) is 1. The molecule has 1 unspecified atom stereocenters. The van der Waals surface area contributed by atoms with E-state index in [4.69, 9.17) is 9.47 Å². The Bertz CT molecular complexity index is 975. The van der Waals surface area contributed by atoms with Gasteiger partial charge in [-0.15, -0.1) is 0 Å². The average molecular weight is 458 g/mol. The summed E-state index contributed by atoms with van der Waals surface area (Å²) >= 11 is 0. The number of rotatable bonds is 11. The molecule has 9 nitrogen and oxygen atoms in total. The molecule has 0 bridgehead atoms. The minimum atomic E-state index is -0.715. The molecule has 178 valence electrons. The Kier molecular flexibility index (Phi) is 9.20. The lowest BCUT2D eigenvalue weighted by molar-refractivity contribution is -0.385. The zero-order valence-corrected chi connectivity index (χ0v) is 19.7. The topological polar surface area (TPSA) is 111 Å². The number of nitrogens with one attached hydrogen (secondary N) is 1. The quantitative estimate of drug-likeness (QED) is 0.409. The van der Waals surface area contributed by atoms with Crippen molar-refractivity contribution in [3.05, 3.63) is 63.7 Å². The van der Waals surface area contributed by atoms with Crippen LogP contribution in [-0.4, -0.2) is 47.9 Å². The average Bonchev–Trinajstić information content (AvgIpc) is 2.79. The van der Waals surface area contributed by atoms with Crippen molar-refractivity contribution in [3.8, 4) is 11.5 Å². The number of nitro benzene ring substituents is 1. The standard InChI is InChI=1S/C24H31N3O6/c1-16(2)13-25-24(29)18(4)26(14-19-8-6-17(3)7-9-19)23(28)15-33-20-10-11-21(27(30)31)22(12-20)32-5/h6-12,16,18H,13-15H2,1-5H3,(H,25,29). The molecule has 1 N–H and O–H groups in total. The lowest BCUT2D eigenvalue weighted by Crippen LogP contribution is -2.49. The third-order valence-electron chi connectivity index (χ3n) is 5.04. The number of amides is 2. The Balaban J connectivity index is 2.17. The van der Waals surface area contributed by atoms with Crippen LogP contribution in [0.2, 0.25) is 0 Å². The van der Waals surface area contributed by atoms with Gasteiger partial charge in [-0.25, -0.2) is 0 Å². The first-order chi connectivity index (χ1) is 15.6. The van der Waals surface area contributed by atoms with Gasteiger partial charge in [0.1, 0.15) is 11.8 Å². The second kappa shape index (κ2) is 11.8. The summed E-state index contributed by atoms with van der Waals surface area (Å²) in [4.78, 5) is 37.7. The summed E-state index contributed by atoms with van der Waals surface area (Å²) in [5, 5.41) is 13.9. The third-order valence-corrected chi connectivity index (χ3v) is 5.04. The van der Waals surface area contributed by atoms with E-state index >= 15 is 0 Å². The molecule has 0 aliphatic heterocycles. The number of methoxy groups -OCH3 is 1. The Morgan fingerprint density at radius 3 is 2.36 bits per heavy atom. The second-order valence-electron chi connectivity index (χ2n) is 8.20. The summed E-state index contributed by atoms with van der Waals surface area (Å²) in [6.45, 7) is 8.04. The number of ether oxygens (including phenoxy) is 2. The SMILES string of the molecule is COc1cc(OCC(=O)N(Cc2ccc(C)cc2)C(C)C(=O)NCC(C)C)ccc1[N+](=O)[O-]. The molecule has 1 atom stereocenters. The predicted octanol–water partition coefficient (Wildman–Crippen LogP) is 3.48. The van der Waals surface area contributed by atoms with Crippen molar-refractivity contribution in [1.29, 1.82) is 0 Å². The van der Waals surface area contributed by atoms with Crippen LogP contribution in [-0.2, 0) is 16.1 Å². The molecular weight excluding hydrogens is 426 g/mol. The summed E-state index contributed by atoms with van der Waals surface area (Å²) in [6.07, 6.45) is 0. The van der Waals surface area contributed by atoms with Crippen molar-refractivity contribution in [2.75, 3.05) is 20.3 Å². The summed E-state index contributed by atoms with van der Waals surface area (Å²) < 4.78 is 10.6. The van der Waals surface area contributed by atoms with Gasteiger partial charge in [0.15, 0.2) is 6.61 Å². The number of hydrogen-bond acceptors (Lipinski definition) is 6. The number of nitrogens with zero attached hydrogens (tertiary/aromatic N) is 2. The molecule has 33 heavy (non-hydrogen) atoms. The van der Waals surface area contributed by atoms with Crippen LogP contribution in [0.5, 0.6) is 11.5 Å². The fraction of sp³-hybridized carbons (Fsp3) is 0.417. The van der Waals surface area contributed by atoms with Gasteiger partial charge in [0, 0.05) is 25.2 Å². The molecule has 0 aliphatic carbocycles. The van der Waals surface area contributed by atoms with Crippen LogP contribution in [0.15, 0.2) is 42.5 Å². The van der Waals surface area contributed by atoms with Crippen molar-refractivity contribution < 1.29 is 24.0 Å². The predicted molar refractivity (Wildman–Crippen MR) is 124 cm³/mol. The Labute approximate surface area is 193 Å². The molecule has 0 aliphatic rings. The molecule has 0 fully saturated rings. The highest BCUT2D eigenvalue weighted by Crippen LogP contribution is 2.30. The summed E-state index contributed by atoms with van der Waals surface area (Å²) in [6, 6.07) is 11.0. The van der Waals surface area contributed by atoms with E-state index < -0.39 is 11.0 Å². The first-order valence-electron chi connectivity index (χ1n) is 10.7. The van der Waals surface area contributed by atoms with Crippen LogP contribution < -0.4 is 14.8 Å². The van der Waals surface area contributed by atoms with E-state index in [1.54, 1.807) is 6.92 Å². The molecule has 0 radical (unpaired) electrons. The zero-order chi connectivity index (χ0) is 24.5. The second-order valence-corrected chi connectivity index (χ2v) is 8.20. The van der Waals surface area contributed by atoms with E-state index in [9.17, 15) is 19.7 Å². The largest absolute Gasteiger partial charge is 0.490 e. The van der Waals surface area contributed by atoms with Gasteiger partial charge in [0.2, 0.25) is 11.7 Å². The molecule has 9 heteroatoms. The summed E-state index contributed by atoms with van der Waals surface area (Å²) in [7, 11) is 1.32. The number of benzene rings is 2. The minimum absolute atomic E-state index is 0.0305. The molecule has 2 amide bonds. The zero-order valence-electron chi connectivity index (χ0n) is 19.7. The lowest BCUT2D eigenvalue weighted by atomic mass is 10.1. The highest BCUT2D eigenvalue weighted by atomic mass is 16.6. The van der Waals surface area contributed by atoms with Gasteiger partial charge >= 0.3 is 5.69 Å². The highest BCUT2D eigenvalue weighted by Gasteiger charge is 2.27. The van der Waals surface area contributed by atoms with Crippen molar-refractivity contribution in [3.63, 3.8) is 0 Å². The Morgan fingerprint density at radius 1 is 1.12 bits per heavy atom. The molecule has 0 saturated carbocycles. The van der Waals surface area contributed by atoms with E-state index in [1.165, 1.54) is 30.2 Å². The maximum atomic E-state index is 13.1.